The number of carbonyl (C=O) groups excluding carboxylic acids is 3. The fourth-order valence-electron chi connectivity index (χ4n) is 2.23. The molecule has 0 saturated carbocycles. The van der Waals surface area contributed by atoms with Gasteiger partial charge in [-0.05, 0) is 45.4 Å². The van der Waals surface area contributed by atoms with E-state index in [4.69, 9.17) is 4.74 Å². The maximum atomic E-state index is 12.3. The molecule has 1 aromatic carbocycles. The van der Waals surface area contributed by atoms with E-state index in [-0.39, 0.29) is 43.0 Å². The topological polar surface area (TPSA) is 91.0 Å². The van der Waals surface area contributed by atoms with Crippen LogP contribution in [0.4, 0.5) is 5.69 Å². The number of nitrogens with zero attached hydrogens (tertiary/aromatic N) is 2. The predicted molar refractivity (Wildman–Crippen MR) is 109 cm³/mol. The molecule has 1 rings (SSSR count). The zero-order valence-electron chi connectivity index (χ0n) is 17.9. The van der Waals surface area contributed by atoms with Crippen molar-refractivity contribution < 1.29 is 19.1 Å². The normalized spacial score (nSPS) is 10.8. The second-order valence-corrected chi connectivity index (χ2v) is 7.98. The average molecular weight is 393 g/mol. The molecule has 0 aliphatic carbocycles. The number of aryl methyl sites for hydroxylation is 1. The number of ether oxygens (including phenoxy) is 1. The molecule has 0 heterocycles. The van der Waals surface area contributed by atoms with Gasteiger partial charge in [0.05, 0.1) is 18.8 Å². The Labute approximate surface area is 167 Å². The van der Waals surface area contributed by atoms with Gasteiger partial charge in [-0.15, -0.1) is 0 Å². The number of anilines is 1. The number of nitrogens with one attached hydrogen (secondary N) is 2. The van der Waals surface area contributed by atoms with Gasteiger partial charge in [-0.1, -0.05) is 6.07 Å². The summed E-state index contributed by atoms with van der Waals surface area (Å²) in [5.74, 6) is -0.117. The summed E-state index contributed by atoms with van der Waals surface area (Å²) in [4.78, 5) is 38.9. The molecule has 0 unspecified atom stereocenters. The van der Waals surface area contributed by atoms with Gasteiger partial charge in [-0.25, -0.2) is 0 Å². The van der Waals surface area contributed by atoms with Crippen molar-refractivity contribution in [3.05, 3.63) is 23.8 Å². The number of rotatable bonds is 8. The molecule has 0 aliphatic heterocycles. The first kappa shape index (κ1) is 23.3. The molecule has 0 spiro atoms. The van der Waals surface area contributed by atoms with Crippen LogP contribution in [0.1, 0.15) is 26.3 Å². The first-order valence-corrected chi connectivity index (χ1v) is 9.11. The highest BCUT2D eigenvalue weighted by Crippen LogP contribution is 2.25. The smallest absolute Gasteiger partial charge is 0.259 e. The molecule has 28 heavy (non-hydrogen) atoms. The fraction of sp³-hybridized carbons (Fsp3) is 0.550. The molecule has 2 N–H and O–H groups in total. The number of benzene rings is 1. The molecule has 0 fully saturated rings. The van der Waals surface area contributed by atoms with Gasteiger partial charge in [0.15, 0.2) is 6.61 Å². The molecule has 0 aromatic heterocycles. The zero-order chi connectivity index (χ0) is 21.5. The average Bonchev–Trinajstić information content (AvgIpc) is 2.56. The molecule has 0 atom stereocenters. The van der Waals surface area contributed by atoms with Crippen LogP contribution >= 0.6 is 0 Å². The molecular formula is C20H32N4O4. The van der Waals surface area contributed by atoms with Gasteiger partial charge < -0.3 is 25.2 Å². The first-order valence-electron chi connectivity index (χ1n) is 9.11. The Morgan fingerprint density at radius 3 is 2.29 bits per heavy atom. The van der Waals surface area contributed by atoms with Crippen molar-refractivity contribution in [1.29, 1.82) is 0 Å². The summed E-state index contributed by atoms with van der Waals surface area (Å²) >= 11 is 0. The van der Waals surface area contributed by atoms with E-state index < -0.39 is 0 Å². The highest BCUT2D eigenvalue weighted by molar-refractivity contribution is 5.87. The van der Waals surface area contributed by atoms with Gasteiger partial charge in [0.2, 0.25) is 11.8 Å². The molecule has 3 amide bonds. The molecule has 8 nitrogen and oxygen atoms in total. The van der Waals surface area contributed by atoms with Crippen LogP contribution in [0.2, 0.25) is 0 Å². The Balaban J connectivity index is 2.66. The Morgan fingerprint density at radius 1 is 1.07 bits per heavy atom. The Morgan fingerprint density at radius 2 is 1.71 bits per heavy atom. The molecule has 1 aromatic rings. The largest absolute Gasteiger partial charge is 0.482 e. The van der Waals surface area contributed by atoms with Crippen LogP contribution in [-0.2, 0) is 14.4 Å². The lowest BCUT2D eigenvalue weighted by Crippen LogP contribution is -2.47. The van der Waals surface area contributed by atoms with E-state index in [1.165, 1.54) is 9.80 Å². The lowest BCUT2D eigenvalue weighted by molar-refractivity contribution is -0.133. The second-order valence-electron chi connectivity index (χ2n) is 7.98. The zero-order valence-corrected chi connectivity index (χ0v) is 17.9. The monoisotopic (exact) mass is 392 g/mol. The Hall–Kier alpha value is -2.77. The minimum absolute atomic E-state index is 0.000343. The van der Waals surface area contributed by atoms with Gasteiger partial charge in [0.25, 0.3) is 5.91 Å². The van der Waals surface area contributed by atoms with Gasteiger partial charge >= 0.3 is 0 Å². The van der Waals surface area contributed by atoms with Gasteiger partial charge in [-0.3, -0.25) is 14.4 Å². The Kier molecular flexibility index (Phi) is 8.28. The molecule has 156 valence electrons. The molecule has 0 saturated heterocycles. The van der Waals surface area contributed by atoms with Crippen LogP contribution in [0.25, 0.3) is 0 Å². The number of hydrogen-bond acceptors (Lipinski definition) is 5. The third-order valence-corrected chi connectivity index (χ3v) is 3.74. The highest BCUT2D eigenvalue weighted by Gasteiger charge is 2.18. The number of likely N-dealkylation sites (N-methyl/N-ethyl adjacent to an activating group) is 2. The minimum Gasteiger partial charge on any atom is -0.482 e. The molecule has 0 radical (unpaired) electrons. The van der Waals surface area contributed by atoms with Gasteiger partial charge in [0, 0.05) is 26.7 Å². The van der Waals surface area contributed by atoms with Crippen LogP contribution in [-0.4, -0.2) is 73.9 Å². The van der Waals surface area contributed by atoms with E-state index in [0.29, 0.717) is 11.4 Å². The maximum absolute atomic E-state index is 12.3. The summed E-state index contributed by atoms with van der Waals surface area (Å²) in [5.41, 5.74) is 1.23. The third kappa shape index (κ3) is 8.28. The third-order valence-electron chi connectivity index (χ3n) is 3.74. The van der Waals surface area contributed by atoms with E-state index in [1.807, 2.05) is 33.8 Å². The van der Waals surface area contributed by atoms with Crippen molar-refractivity contribution in [2.75, 3.05) is 46.2 Å². The number of carbonyl (C=O) groups is 3. The molecule has 8 heteroatoms. The minimum atomic E-state index is -0.350. The summed E-state index contributed by atoms with van der Waals surface area (Å²) in [6.07, 6.45) is 0. The number of hydrogen-bond donors (Lipinski definition) is 2. The predicted octanol–water partition coefficient (Wildman–Crippen LogP) is 1.25. The van der Waals surface area contributed by atoms with Gasteiger partial charge in [0.1, 0.15) is 5.75 Å². The molecule has 0 bridgehead atoms. The van der Waals surface area contributed by atoms with Crippen molar-refractivity contribution in [3.63, 3.8) is 0 Å². The van der Waals surface area contributed by atoms with Crippen LogP contribution in [0.5, 0.6) is 5.75 Å². The fourth-order valence-corrected chi connectivity index (χ4v) is 2.23. The summed E-state index contributed by atoms with van der Waals surface area (Å²) < 4.78 is 5.61. The van der Waals surface area contributed by atoms with Crippen molar-refractivity contribution in [2.45, 2.75) is 33.2 Å². The lowest BCUT2D eigenvalue weighted by Gasteiger charge is -2.23. The quantitative estimate of drug-likeness (QED) is 0.695. The summed E-state index contributed by atoms with van der Waals surface area (Å²) in [6, 6.07) is 5.48. The highest BCUT2D eigenvalue weighted by atomic mass is 16.5. The van der Waals surface area contributed by atoms with E-state index in [0.717, 1.165) is 5.56 Å². The number of amides is 3. The van der Waals surface area contributed by atoms with Crippen LogP contribution in [0.3, 0.4) is 0 Å². The van der Waals surface area contributed by atoms with Crippen molar-refractivity contribution in [1.82, 2.24) is 15.1 Å². The van der Waals surface area contributed by atoms with Crippen LogP contribution in [0, 0.1) is 6.92 Å². The van der Waals surface area contributed by atoms with E-state index in [9.17, 15) is 14.4 Å². The standard InChI is InChI=1S/C20H32N4O4/c1-14-8-9-15(16(10-14)28-13-19(27)23(5)6)21-11-18(26)24(7)12-17(25)22-20(2,3)4/h8-10,21H,11-13H2,1-7H3,(H,22,25). The summed E-state index contributed by atoms with van der Waals surface area (Å²) in [5, 5.41) is 5.84. The van der Waals surface area contributed by atoms with Crippen molar-refractivity contribution >= 4 is 23.4 Å². The van der Waals surface area contributed by atoms with Gasteiger partial charge in [-0.2, -0.15) is 0 Å². The van der Waals surface area contributed by atoms with Crippen molar-refractivity contribution in [2.24, 2.45) is 0 Å². The van der Waals surface area contributed by atoms with Crippen molar-refractivity contribution in [3.8, 4) is 5.75 Å². The SMILES string of the molecule is Cc1ccc(NCC(=O)N(C)CC(=O)NC(C)(C)C)c(OCC(=O)N(C)C)c1. The first-order chi connectivity index (χ1) is 12.9. The Bertz CT molecular complexity index is 711. The lowest BCUT2D eigenvalue weighted by atomic mass is 10.1. The maximum Gasteiger partial charge on any atom is 0.259 e. The second kappa shape index (κ2) is 9.96. The van der Waals surface area contributed by atoms with E-state index >= 15 is 0 Å². The van der Waals surface area contributed by atoms with E-state index in [1.54, 1.807) is 33.3 Å². The summed E-state index contributed by atoms with van der Waals surface area (Å²) in [6.45, 7) is 7.45. The molecular weight excluding hydrogens is 360 g/mol. The molecule has 0 aliphatic rings. The van der Waals surface area contributed by atoms with E-state index in [2.05, 4.69) is 10.6 Å². The summed E-state index contributed by atoms with van der Waals surface area (Å²) in [7, 11) is 4.89. The van der Waals surface area contributed by atoms with Crippen LogP contribution < -0.4 is 15.4 Å². The van der Waals surface area contributed by atoms with Crippen LogP contribution in [0.15, 0.2) is 18.2 Å².